The summed E-state index contributed by atoms with van der Waals surface area (Å²) in [7, 11) is 4.07. The summed E-state index contributed by atoms with van der Waals surface area (Å²) in [6.07, 6.45) is 8.30. The number of benzene rings is 2. The van der Waals surface area contributed by atoms with E-state index in [0.29, 0.717) is 0 Å². The summed E-state index contributed by atoms with van der Waals surface area (Å²) in [4.78, 5) is 0. The second kappa shape index (κ2) is 6.93. The van der Waals surface area contributed by atoms with Crippen molar-refractivity contribution in [3.8, 4) is 33.4 Å². The van der Waals surface area contributed by atoms with Crippen molar-refractivity contribution in [1.29, 1.82) is 0 Å². The predicted molar refractivity (Wildman–Crippen MR) is 105 cm³/mol. The van der Waals surface area contributed by atoms with Crippen molar-refractivity contribution in [1.82, 2.24) is 0 Å². The standard InChI is InChI=1S/C24H22N2/c1-25-15-11-23(12-16-25)21-7-3-19(4-8-21)20-5-9-22(10-6-20)24-13-17-26(2)18-14-24/h3-18H,1-2H3/q+2. The second-order valence-corrected chi connectivity index (χ2v) is 6.66. The van der Waals surface area contributed by atoms with Gasteiger partial charge in [-0.25, -0.2) is 9.13 Å². The van der Waals surface area contributed by atoms with E-state index >= 15 is 0 Å². The highest BCUT2D eigenvalue weighted by Gasteiger charge is 2.04. The molecular weight excluding hydrogens is 316 g/mol. The highest BCUT2D eigenvalue weighted by atomic mass is 14.9. The maximum atomic E-state index is 2.19. The molecule has 0 spiro atoms. The molecule has 0 radical (unpaired) electrons. The van der Waals surface area contributed by atoms with Crippen molar-refractivity contribution < 1.29 is 9.13 Å². The Hall–Kier alpha value is -3.26. The van der Waals surface area contributed by atoms with Crippen LogP contribution in [0.5, 0.6) is 0 Å². The lowest BCUT2D eigenvalue weighted by Crippen LogP contribution is -2.25. The Morgan fingerprint density at radius 3 is 0.769 bits per heavy atom. The van der Waals surface area contributed by atoms with E-state index in [2.05, 4.69) is 97.6 Å². The van der Waals surface area contributed by atoms with E-state index in [1.54, 1.807) is 0 Å². The molecule has 2 heteroatoms. The molecule has 0 amide bonds. The van der Waals surface area contributed by atoms with E-state index in [1.807, 2.05) is 23.2 Å². The minimum Gasteiger partial charge on any atom is -0.208 e. The fourth-order valence-electron chi connectivity index (χ4n) is 3.10. The Kier molecular flexibility index (Phi) is 4.32. The Morgan fingerprint density at radius 2 is 0.538 bits per heavy atom. The molecule has 0 bridgehead atoms. The maximum absolute atomic E-state index is 2.19. The molecule has 2 aromatic carbocycles. The van der Waals surface area contributed by atoms with Crippen LogP contribution in [0.2, 0.25) is 0 Å². The Labute approximate surface area is 154 Å². The normalized spacial score (nSPS) is 10.7. The van der Waals surface area contributed by atoms with Gasteiger partial charge in [-0.3, -0.25) is 0 Å². The minimum atomic E-state index is 1.24. The van der Waals surface area contributed by atoms with Crippen molar-refractivity contribution >= 4 is 0 Å². The third-order valence-electron chi connectivity index (χ3n) is 4.73. The first kappa shape index (κ1) is 16.2. The van der Waals surface area contributed by atoms with E-state index in [4.69, 9.17) is 0 Å². The molecule has 2 heterocycles. The van der Waals surface area contributed by atoms with Crippen LogP contribution < -0.4 is 9.13 Å². The van der Waals surface area contributed by atoms with Gasteiger partial charge >= 0.3 is 0 Å². The van der Waals surface area contributed by atoms with Crippen molar-refractivity contribution in [3.63, 3.8) is 0 Å². The van der Waals surface area contributed by atoms with Crippen LogP contribution in [-0.2, 0) is 14.1 Å². The quantitative estimate of drug-likeness (QED) is 0.491. The van der Waals surface area contributed by atoms with Gasteiger partial charge in [0.25, 0.3) is 0 Å². The smallest absolute Gasteiger partial charge is 0.169 e. The van der Waals surface area contributed by atoms with Crippen LogP contribution in [0, 0.1) is 0 Å². The van der Waals surface area contributed by atoms with E-state index in [-0.39, 0.29) is 0 Å². The van der Waals surface area contributed by atoms with Crippen molar-refractivity contribution in [2.24, 2.45) is 14.1 Å². The van der Waals surface area contributed by atoms with Crippen LogP contribution in [0.3, 0.4) is 0 Å². The van der Waals surface area contributed by atoms with Gasteiger partial charge in [-0.15, -0.1) is 0 Å². The predicted octanol–water partition coefficient (Wildman–Crippen LogP) is 4.34. The van der Waals surface area contributed by atoms with E-state index in [9.17, 15) is 0 Å². The maximum Gasteiger partial charge on any atom is 0.169 e. The highest BCUT2D eigenvalue weighted by molar-refractivity contribution is 5.72. The highest BCUT2D eigenvalue weighted by Crippen LogP contribution is 2.26. The third-order valence-corrected chi connectivity index (χ3v) is 4.73. The number of hydrogen-bond acceptors (Lipinski definition) is 0. The van der Waals surface area contributed by atoms with Gasteiger partial charge in [0.2, 0.25) is 0 Å². The van der Waals surface area contributed by atoms with Gasteiger partial charge in [-0.05, 0) is 33.4 Å². The molecule has 2 nitrogen and oxygen atoms in total. The first-order chi connectivity index (χ1) is 12.7. The average Bonchev–Trinajstić information content (AvgIpc) is 2.70. The average molecular weight is 338 g/mol. The number of hydrogen-bond donors (Lipinski definition) is 0. The number of aryl methyl sites for hydroxylation is 2. The van der Waals surface area contributed by atoms with Gasteiger partial charge in [0.1, 0.15) is 14.1 Å². The van der Waals surface area contributed by atoms with Gasteiger partial charge in [0, 0.05) is 24.3 Å². The molecule has 0 aliphatic carbocycles. The molecular formula is C24H22N2+2. The summed E-state index contributed by atoms with van der Waals surface area (Å²) in [6.45, 7) is 0. The lowest BCUT2D eigenvalue weighted by Gasteiger charge is -2.06. The molecule has 0 unspecified atom stereocenters. The van der Waals surface area contributed by atoms with Gasteiger partial charge in [0.05, 0.1) is 0 Å². The van der Waals surface area contributed by atoms with E-state index < -0.39 is 0 Å². The van der Waals surface area contributed by atoms with Crippen LogP contribution >= 0.6 is 0 Å². The fourth-order valence-corrected chi connectivity index (χ4v) is 3.10. The number of rotatable bonds is 3. The molecule has 0 aliphatic rings. The molecule has 0 aliphatic heterocycles. The zero-order valence-corrected chi connectivity index (χ0v) is 15.1. The number of pyridine rings is 2. The van der Waals surface area contributed by atoms with E-state index in [0.717, 1.165) is 0 Å². The van der Waals surface area contributed by atoms with Crippen LogP contribution in [0.4, 0.5) is 0 Å². The molecule has 2 aromatic heterocycles. The van der Waals surface area contributed by atoms with Crippen LogP contribution in [0.1, 0.15) is 0 Å². The SMILES string of the molecule is C[n+]1ccc(-c2ccc(-c3ccc(-c4cc[n+](C)cc4)cc3)cc2)cc1. The second-order valence-electron chi connectivity index (χ2n) is 6.66. The van der Waals surface area contributed by atoms with Gasteiger partial charge in [-0.2, -0.15) is 0 Å². The fraction of sp³-hybridized carbons (Fsp3) is 0.0833. The largest absolute Gasteiger partial charge is 0.208 e. The molecule has 0 atom stereocenters. The van der Waals surface area contributed by atoms with Crippen molar-refractivity contribution in [3.05, 3.63) is 97.6 Å². The zero-order valence-electron chi connectivity index (χ0n) is 15.1. The Bertz CT molecular complexity index is 911. The summed E-state index contributed by atoms with van der Waals surface area (Å²) >= 11 is 0. The first-order valence-corrected chi connectivity index (χ1v) is 8.81. The van der Waals surface area contributed by atoms with Crippen LogP contribution in [-0.4, -0.2) is 0 Å². The van der Waals surface area contributed by atoms with Crippen LogP contribution in [0.15, 0.2) is 97.6 Å². The zero-order chi connectivity index (χ0) is 17.9. The minimum absolute atomic E-state index is 1.24. The van der Waals surface area contributed by atoms with Gasteiger partial charge < -0.3 is 0 Å². The molecule has 126 valence electrons. The Morgan fingerprint density at radius 1 is 0.346 bits per heavy atom. The number of nitrogens with zero attached hydrogens (tertiary/aromatic N) is 2. The summed E-state index contributed by atoms with van der Waals surface area (Å²) < 4.78 is 4.10. The van der Waals surface area contributed by atoms with Crippen molar-refractivity contribution in [2.45, 2.75) is 0 Å². The van der Waals surface area contributed by atoms with Gasteiger partial charge in [-0.1, -0.05) is 48.5 Å². The lowest BCUT2D eigenvalue weighted by molar-refractivity contribution is -0.671. The molecule has 4 aromatic rings. The van der Waals surface area contributed by atoms with E-state index in [1.165, 1.54) is 33.4 Å². The summed E-state index contributed by atoms with van der Waals surface area (Å²) in [5.74, 6) is 0. The molecule has 4 rings (SSSR count). The van der Waals surface area contributed by atoms with Crippen LogP contribution in [0.25, 0.3) is 33.4 Å². The Balaban J connectivity index is 1.57. The monoisotopic (exact) mass is 338 g/mol. The number of aromatic nitrogens is 2. The third kappa shape index (κ3) is 3.40. The summed E-state index contributed by atoms with van der Waals surface area (Å²) in [5.41, 5.74) is 7.43. The topological polar surface area (TPSA) is 7.76 Å². The molecule has 0 N–H and O–H groups in total. The molecule has 0 saturated heterocycles. The first-order valence-electron chi connectivity index (χ1n) is 8.81. The van der Waals surface area contributed by atoms with Gasteiger partial charge in [0.15, 0.2) is 24.8 Å². The summed E-state index contributed by atoms with van der Waals surface area (Å²) in [6, 6.07) is 26.1. The lowest BCUT2D eigenvalue weighted by atomic mass is 9.99. The molecule has 0 fully saturated rings. The molecule has 26 heavy (non-hydrogen) atoms. The van der Waals surface area contributed by atoms with Crippen molar-refractivity contribution in [2.75, 3.05) is 0 Å². The molecule has 0 saturated carbocycles. The summed E-state index contributed by atoms with van der Waals surface area (Å²) in [5, 5.41) is 0.